The molecule has 0 spiro atoms. The summed E-state index contributed by atoms with van der Waals surface area (Å²) in [5.41, 5.74) is 8.88. The summed E-state index contributed by atoms with van der Waals surface area (Å²) in [4.78, 5) is 15.2. The van der Waals surface area contributed by atoms with Crippen molar-refractivity contribution < 1.29 is 4.79 Å². The van der Waals surface area contributed by atoms with Crippen LogP contribution in [-0.4, -0.2) is 29.9 Å². The van der Waals surface area contributed by atoms with E-state index in [1.807, 2.05) is 30.3 Å². The van der Waals surface area contributed by atoms with Gasteiger partial charge in [-0.2, -0.15) is 0 Å². The SMILES string of the molecule is Cc1ccccc1CN1CCC(NC(=O)C(C)(N)c2ccccc2)CC1.Cl.Cl. The lowest BCUT2D eigenvalue weighted by Crippen LogP contribution is -2.54. The van der Waals surface area contributed by atoms with Gasteiger partial charge in [-0.05, 0) is 43.4 Å². The van der Waals surface area contributed by atoms with Gasteiger partial charge in [-0.15, -0.1) is 24.8 Å². The van der Waals surface area contributed by atoms with Crippen molar-refractivity contribution in [3.63, 3.8) is 0 Å². The van der Waals surface area contributed by atoms with E-state index in [0.717, 1.165) is 38.0 Å². The minimum atomic E-state index is -1.00. The van der Waals surface area contributed by atoms with E-state index in [9.17, 15) is 4.79 Å². The molecule has 28 heavy (non-hydrogen) atoms. The molecule has 2 aromatic rings. The number of nitrogens with zero attached hydrogens (tertiary/aromatic N) is 1. The van der Waals surface area contributed by atoms with Crippen LogP contribution >= 0.6 is 24.8 Å². The highest BCUT2D eigenvalue weighted by Gasteiger charge is 2.32. The van der Waals surface area contributed by atoms with Gasteiger partial charge in [-0.1, -0.05) is 54.6 Å². The van der Waals surface area contributed by atoms with Crippen molar-refractivity contribution >= 4 is 30.7 Å². The van der Waals surface area contributed by atoms with Crippen LogP contribution in [0.5, 0.6) is 0 Å². The molecule has 1 saturated heterocycles. The highest BCUT2D eigenvalue weighted by atomic mass is 35.5. The highest BCUT2D eigenvalue weighted by Crippen LogP contribution is 2.20. The van der Waals surface area contributed by atoms with Gasteiger partial charge in [0.2, 0.25) is 5.91 Å². The Bertz CT molecular complexity index is 744. The van der Waals surface area contributed by atoms with Crippen molar-refractivity contribution in [3.05, 3.63) is 71.3 Å². The molecule has 1 aliphatic heterocycles. The summed E-state index contributed by atoms with van der Waals surface area (Å²) in [6, 6.07) is 18.3. The number of rotatable bonds is 5. The standard InChI is InChI=1S/C22H29N3O.2ClH/c1-17-8-6-7-9-18(17)16-25-14-12-20(13-15-25)24-21(26)22(2,23)19-10-4-3-5-11-19;;/h3-11,20H,12-16,23H2,1-2H3,(H,24,26);2*1H. The molecule has 0 radical (unpaired) electrons. The predicted octanol–water partition coefficient (Wildman–Crippen LogP) is 3.79. The number of nitrogens with two attached hydrogens (primary N) is 1. The zero-order valence-corrected chi connectivity index (χ0v) is 18.2. The van der Waals surface area contributed by atoms with Crippen LogP contribution in [0.3, 0.4) is 0 Å². The maximum absolute atomic E-state index is 12.7. The van der Waals surface area contributed by atoms with Gasteiger partial charge in [-0.3, -0.25) is 9.69 Å². The molecule has 2 aromatic carbocycles. The number of hydrogen-bond donors (Lipinski definition) is 2. The van der Waals surface area contributed by atoms with Crippen LogP contribution < -0.4 is 11.1 Å². The molecule has 3 rings (SSSR count). The molecule has 1 heterocycles. The van der Waals surface area contributed by atoms with Crippen LogP contribution in [-0.2, 0) is 16.9 Å². The molecule has 154 valence electrons. The van der Waals surface area contributed by atoms with Gasteiger partial charge in [0.05, 0.1) is 0 Å². The van der Waals surface area contributed by atoms with Gasteiger partial charge >= 0.3 is 0 Å². The zero-order valence-electron chi connectivity index (χ0n) is 16.6. The van der Waals surface area contributed by atoms with Gasteiger partial charge in [0.1, 0.15) is 5.54 Å². The first-order chi connectivity index (χ1) is 12.5. The Balaban J connectivity index is 0.00000196. The number of likely N-dealkylation sites (tertiary alicyclic amines) is 1. The van der Waals surface area contributed by atoms with Crippen LogP contribution in [0.2, 0.25) is 0 Å². The van der Waals surface area contributed by atoms with Crippen molar-refractivity contribution in [1.29, 1.82) is 0 Å². The maximum Gasteiger partial charge on any atom is 0.244 e. The second kappa shape index (κ2) is 10.8. The molecule has 1 fully saturated rings. The summed E-state index contributed by atoms with van der Waals surface area (Å²) in [6.07, 6.45) is 1.92. The van der Waals surface area contributed by atoms with E-state index in [0.29, 0.717) is 0 Å². The lowest BCUT2D eigenvalue weighted by molar-refractivity contribution is -0.127. The van der Waals surface area contributed by atoms with Crippen molar-refractivity contribution in [2.75, 3.05) is 13.1 Å². The van der Waals surface area contributed by atoms with E-state index in [1.165, 1.54) is 11.1 Å². The Labute approximate surface area is 180 Å². The summed E-state index contributed by atoms with van der Waals surface area (Å²) in [5, 5.41) is 3.16. The van der Waals surface area contributed by atoms with E-state index in [2.05, 4.69) is 41.4 Å². The lowest BCUT2D eigenvalue weighted by atomic mass is 9.91. The molecular formula is C22H31Cl2N3O. The van der Waals surface area contributed by atoms with Crippen LogP contribution in [0.15, 0.2) is 54.6 Å². The topological polar surface area (TPSA) is 58.4 Å². The minimum Gasteiger partial charge on any atom is -0.351 e. The van der Waals surface area contributed by atoms with E-state index in [-0.39, 0.29) is 36.8 Å². The van der Waals surface area contributed by atoms with E-state index in [4.69, 9.17) is 5.73 Å². The number of hydrogen-bond acceptors (Lipinski definition) is 3. The first-order valence-electron chi connectivity index (χ1n) is 9.39. The first kappa shape index (κ1) is 24.4. The normalized spacial score (nSPS) is 17.0. The highest BCUT2D eigenvalue weighted by molar-refractivity contribution is 5.87. The maximum atomic E-state index is 12.7. The summed E-state index contributed by atoms with van der Waals surface area (Å²) in [5.74, 6) is -0.0962. The van der Waals surface area contributed by atoms with Gasteiger partial charge in [-0.25, -0.2) is 0 Å². The summed E-state index contributed by atoms with van der Waals surface area (Å²) in [6.45, 7) is 6.91. The fraction of sp³-hybridized carbons (Fsp3) is 0.409. The number of aryl methyl sites for hydroxylation is 1. The number of nitrogens with one attached hydrogen (secondary N) is 1. The monoisotopic (exact) mass is 423 g/mol. The first-order valence-corrected chi connectivity index (χ1v) is 9.39. The Hall–Kier alpha value is -1.59. The fourth-order valence-electron chi connectivity index (χ4n) is 3.51. The molecule has 1 atom stereocenters. The van der Waals surface area contributed by atoms with Crippen molar-refractivity contribution in [1.82, 2.24) is 10.2 Å². The number of amides is 1. The number of piperidine rings is 1. The fourth-order valence-corrected chi connectivity index (χ4v) is 3.51. The van der Waals surface area contributed by atoms with E-state index in [1.54, 1.807) is 6.92 Å². The van der Waals surface area contributed by atoms with Gasteiger partial charge < -0.3 is 11.1 Å². The number of benzene rings is 2. The lowest BCUT2D eigenvalue weighted by Gasteiger charge is -2.34. The molecule has 0 aromatic heterocycles. The van der Waals surface area contributed by atoms with Gasteiger partial charge in [0.15, 0.2) is 0 Å². The molecule has 6 heteroatoms. The molecule has 1 amide bonds. The van der Waals surface area contributed by atoms with E-state index >= 15 is 0 Å². The molecule has 4 nitrogen and oxygen atoms in total. The second-order valence-electron chi connectivity index (χ2n) is 7.52. The summed E-state index contributed by atoms with van der Waals surface area (Å²) >= 11 is 0. The molecule has 1 unspecified atom stereocenters. The number of carbonyl (C=O) groups excluding carboxylic acids is 1. The summed E-state index contributed by atoms with van der Waals surface area (Å²) in [7, 11) is 0. The Morgan fingerprint density at radius 3 is 2.25 bits per heavy atom. The largest absolute Gasteiger partial charge is 0.351 e. The zero-order chi connectivity index (χ0) is 18.6. The smallest absolute Gasteiger partial charge is 0.244 e. The van der Waals surface area contributed by atoms with Crippen LogP contribution in [0, 0.1) is 6.92 Å². The molecule has 0 saturated carbocycles. The van der Waals surface area contributed by atoms with Crippen molar-refractivity contribution in [2.45, 2.75) is 44.8 Å². The van der Waals surface area contributed by atoms with E-state index < -0.39 is 5.54 Å². The number of carbonyl (C=O) groups is 1. The molecule has 0 bridgehead atoms. The average Bonchev–Trinajstić information content (AvgIpc) is 2.66. The Morgan fingerprint density at radius 1 is 1.07 bits per heavy atom. The average molecular weight is 424 g/mol. The Morgan fingerprint density at radius 2 is 1.64 bits per heavy atom. The molecular weight excluding hydrogens is 393 g/mol. The minimum absolute atomic E-state index is 0. The third-order valence-electron chi connectivity index (χ3n) is 5.42. The Kier molecular flexibility index (Phi) is 9.45. The predicted molar refractivity (Wildman–Crippen MR) is 120 cm³/mol. The van der Waals surface area contributed by atoms with Crippen LogP contribution in [0.4, 0.5) is 0 Å². The summed E-state index contributed by atoms with van der Waals surface area (Å²) < 4.78 is 0. The third kappa shape index (κ3) is 5.95. The number of halogens is 2. The van der Waals surface area contributed by atoms with Crippen LogP contribution in [0.1, 0.15) is 36.5 Å². The van der Waals surface area contributed by atoms with Crippen molar-refractivity contribution in [3.8, 4) is 0 Å². The van der Waals surface area contributed by atoms with Gasteiger partial charge in [0.25, 0.3) is 0 Å². The van der Waals surface area contributed by atoms with Crippen molar-refractivity contribution in [2.24, 2.45) is 5.73 Å². The quantitative estimate of drug-likeness (QED) is 0.768. The second-order valence-corrected chi connectivity index (χ2v) is 7.52. The molecule has 1 aliphatic rings. The van der Waals surface area contributed by atoms with Gasteiger partial charge in [0, 0.05) is 25.7 Å². The third-order valence-corrected chi connectivity index (χ3v) is 5.42. The molecule has 3 N–H and O–H groups in total. The molecule has 0 aliphatic carbocycles. The van der Waals surface area contributed by atoms with Crippen LogP contribution in [0.25, 0.3) is 0 Å².